The number of imidazole rings is 1. The molecule has 2 nitrogen and oxygen atoms in total. The Bertz CT molecular complexity index is 303. The molecule has 0 fully saturated rings. The minimum atomic E-state index is 0.563. The van der Waals surface area contributed by atoms with E-state index in [9.17, 15) is 0 Å². The van der Waals surface area contributed by atoms with E-state index in [-0.39, 0.29) is 0 Å². The SMILES string of the molecule is CCCC(CC(C)C)C(CC)C(C)n1ccnc1. The van der Waals surface area contributed by atoms with E-state index in [4.69, 9.17) is 0 Å². The van der Waals surface area contributed by atoms with Crippen LogP contribution in [0, 0.1) is 17.8 Å². The molecule has 0 bridgehead atoms. The van der Waals surface area contributed by atoms with E-state index in [1.807, 2.05) is 12.5 Å². The van der Waals surface area contributed by atoms with E-state index in [1.165, 1.54) is 25.7 Å². The number of hydrogen-bond acceptors (Lipinski definition) is 1. The lowest BCUT2D eigenvalue weighted by atomic mass is 9.77. The topological polar surface area (TPSA) is 17.8 Å². The lowest BCUT2D eigenvalue weighted by Crippen LogP contribution is -2.24. The molecule has 0 saturated carbocycles. The molecule has 3 atom stereocenters. The van der Waals surface area contributed by atoms with Crippen LogP contribution in [0.4, 0.5) is 0 Å². The summed E-state index contributed by atoms with van der Waals surface area (Å²) in [4.78, 5) is 4.19. The van der Waals surface area contributed by atoms with Crippen molar-refractivity contribution in [2.45, 2.75) is 66.3 Å². The highest BCUT2D eigenvalue weighted by Gasteiger charge is 2.26. The Morgan fingerprint density at radius 2 is 1.89 bits per heavy atom. The van der Waals surface area contributed by atoms with Gasteiger partial charge in [-0.05, 0) is 31.1 Å². The van der Waals surface area contributed by atoms with Crippen molar-refractivity contribution in [1.29, 1.82) is 0 Å². The molecule has 0 saturated heterocycles. The third-order valence-corrected chi connectivity index (χ3v) is 4.13. The molecule has 0 N–H and O–H groups in total. The van der Waals surface area contributed by atoms with Crippen molar-refractivity contribution < 1.29 is 0 Å². The summed E-state index contributed by atoms with van der Waals surface area (Å²) in [5, 5.41) is 0. The number of hydrogen-bond donors (Lipinski definition) is 0. The van der Waals surface area contributed by atoms with Gasteiger partial charge in [0.05, 0.1) is 6.33 Å². The van der Waals surface area contributed by atoms with Crippen molar-refractivity contribution in [2.75, 3.05) is 0 Å². The van der Waals surface area contributed by atoms with Gasteiger partial charge in [0.25, 0.3) is 0 Å². The summed E-state index contributed by atoms with van der Waals surface area (Å²) in [5.41, 5.74) is 0. The van der Waals surface area contributed by atoms with Crippen LogP contribution in [0.1, 0.15) is 66.3 Å². The summed E-state index contributed by atoms with van der Waals surface area (Å²) in [7, 11) is 0. The molecule has 0 amide bonds. The van der Waals surface area contributed by atoms with Crippen LogP contribution in [0.5, 0.6) is 0 Å². The molecule has 2 heteroatoms. The van der Waals surface area contributed by atoms with Crippen molar-refractivity contribution in [3.8, 4) is 0 Å². The molecule has 3 unspecified atom stereocenters. The summed E-state index contributed by atoms with van der Waals surface area (Å²) in [6.07, 6.45) is 11.2. The Labute approximate surface area is 113 Å². The third-order valence-electron chi connectivity index (χ3n) is 4.13. The summed E-state index contributed by atoms with van der Waals surface area (Å²) < 4.78 is 2.27. The molecule has 0 aliphatic carbocycles. The summed E-state index contributed by atoms with van der Waals surface area (Å²) in [5.74, 6) is 2.41. The van der Waals surface area contributed by atoms with Crippen LogP contribution in [0.25, 0.3) is 0 Å². The van der Waals surface area contributed by atoms with E-state index in [1.54, 1.807) is 0 Å². The maximum absolute atomic E-state index is 4.19. The normalized spacial score (nSPS) is 16.8. The quantitative estimate of drug-likeness (QED) is 0.639. The first-order valence-corrected chi connectivity index (χ1v) is 7.57. The zero-order valence-corrected chi connectivity index (χ0v) is 12.8. The summed E-state index contributed by atoms with van der Waals surface area (Å²) >= 11 is 0. The number of nitrogens with zero attached hydrogens (tertiary/aromatic N) is 2. The molecule has 0 spiro atoms. The van der Waals surface area contributed by atoms with E-state index in [2.05, 4.69) is 50.4 Å². The van der Waals surface area contributed by atoms with Crippen LogP contribution in [-0.4, -0.2) is 9.55 Å². The van der Waals surface area contributed by atoms with Crippen molar-refractivity contribution in [3.63, 3.8) is 0 Å². The largest absolute Gasteiger partial charge is 0.334 e. The van der Waals surface area contributed by atoms with Crippen LogP contribution < -0.4 is 0 Å². The summed E-state index contributed by atoms with van der Waals surface area (Å²) in [6, 6.07) is 0.563. The Kier molecular flexibility index (Phi) is 6.45. The van der Waals surface area contributed by atoms with Gasteiger partial charge >= 0.3 is 0 Å². The second-order valence-electron chi connectivity index (χ2n) is 6.00. The van der Waals surface area contributed by atoms with Gasteiger partial charge in [0.15, 0.2) is 0 Å². The Balaban J connectivity index is 2.77. The zero-order valence-electron chi connectivity index (χ0n) is 12.8. The number of aromatic nitrogens is 2. The molecule has 0 aliphatic heterocycles. The lowest BCUT2D eigenvalue weighted by molar-refractivity contribution is 0.192. The fourth-order valence-electron chi connectivity index (χ4n) is 3.28. The van der Waals surface area contributed by atoms with Gasteiger partial charge in [-0.3, -0.25) is 0 Å². The highest BCUT2D eigenvalue weighted by molar-refractivity contribution is 4.84. The molecular weight excluding hydrogens is 220 g/mol. The van der Waals surface area contributed by atoms with Crippen molar-refractivity contribution >= 4 is 0 Å². The molecule has 104 valence electrons. The lowest BCUT2D eigenvalue weighted by Gasteiger charge is -2.33. The minimum Gasteiger partial charge on any atom is -0.334 e. The van der Waals surface area contributed by atoms with E-state index in [0.717, 1.165) is 17.8 Å². The standard InChI is InChI=1S/C16H30N2/c1-6-8-15(11-13(3)4)16(7-2)14(5)18-10-9-17-12-18/h9-10,12-16H,6-8,11H2,1-5H3. The van der Waals surface area contributed by atoms with Gasteiger partial charge in [-0.1, -0.05) is 47.0 Å². The zero-order chi connectivity index (χ0) is 13.5. The average molecular weight is 250 g/mol. The van der Waals surface area contributed by atoms with Gasteiger partial charge in [0, 0.05) is 18.4 Å². The maximum atomic E-state index is 4.19. The van der Waals surface area contributed by atoms with E-state index in [0.29, 0.717) is 6.04 Å². The first-order chi connectivity index (χ1) is 8.60. The molecule has 0 radical (unpaired) electrons. The van der Waals surface area contributed by atoms with Gasteiger partial charge in [-0.25, -0.2) is 4.98 Å². The van der Waals surface area contributed by atoms with Crippen LogP contribution in [0.2, 0.25) is 0 Å². The van der Waals surface area contributed by atoms with E-state index >= 15 is 0 Å². The van der Waals surface area contributed by atoms with Crippen LogP contribution in [-0.2, 0) is 0 Å². The van der Waals surface area contributed by atoms with Crippen LogP contribution in [0.15, 0.2) is 18.7 Å². The van der Waals surface area contributed by atoms with Crippen molar-refractivity contribution in [1.82, 2.24) is 9.55 Å². The molecule has 0 aliphatic rings. The fourth-order valence-corrected chi connectivity index (χ4v) is 3.28. The third kappa shape index (κ3) is 4.15. The Hall–Kier alpha value is -0.790. The number of rotatable bonds is 8. The maximum Gasteiger partial charge on any atom is 0.0948 e. The Morgan fingerprint density at radius 3 is 2.33 bits per heavy atom. The van der Waals surface area contributed by atoms with Gasteiger partial charge in [-0.15, -0.1) is 0 Å². The second-order valence-corrected chi connectivity index (χ2v) is 6.00. The second kappa shape index (κ2) is 7.60. The van der Waals surface area contributed by atoms with Crippen LogP contribution in [0.3, 0.4) is 0 Å². The van der Waals surface area contributed by atoms with Gasteiger partial charge in [-0.2, -0.15) is 0 Å². The first-order valence-electron chi connectivity index (χ1n) is 7.57. The molecule has 18 heavy (non-hydrogen) atoms. The Morgan fingerprint density at radius 1 is 1.17 bits per heavy atom. The predicted molar refractivity (Wildman–Crippen MR) is 78.6 cm³/mol. The van der Waals surface area contributed by atoms with Crippen molar-refractivity contribution in [2.24, 2.45) is 17.8 Å². The monoisotopic (exact) mass is 250 g/mol. The smallest absolute Gasteiger partial charge is 0.0948 e. The molecule has 0 aromatic carbocycles. The molecule has 1 aromatic heterocycles. The molecule has 1 aromatic rings. The summed E-state index contributed by atoms with van der Waals surface area (Å²) in [6.45, 7) is 11.7. The van der Waals surface area contributed by atoms with Crippen LogP contribution >= 0.6 is 0 Å². The fraction of sp³-hybridized carbons (Fsp3) is 0.812. The van der Waals surface area contributed by atoms with Gasteiger partial charge in [0.1, 0.15) is 0 Å². The average Bonchev–Trinajstić information content (AvgIpc) is 2.82. The van der Waals surface area contributed by atoms with Crippen molar-refractivity contribution in [3.05, 3.63) is 18.7 Å². The molecule has 1 rings (SSSR count). The predicted octanol–water partition coefficient (Wildman–Crippen LogP) is 4.93. The minimum absolute atomic E-state index is 0.563. The van der Waals surface area contributed by atoms with E-state index < -0.39 is 0 Å². The molecule has 1 heterocycles. The highest BCUT2D eigenvalue weighted by Crippen LogP contribution is 2.35. The van der Waals surface area contributed by atoms with Gasteiger partial charge in [0.2, 0.25) is 0 Å². The first kappa shape index (κ1) is 15.3. The molecular formula is C16H30N2. The van der Waals surface area contributed by atoms with Gasteiger partial charge < -0.3 is 4.57 Å². The highest BCUT2D eigenvalue weighted by atomic mass is 15.0.